The summed E-state index contributed by atoms with van der Waals surface area (Å²) in [5, 5.41) is 14.0. The molecule has 0 radical (unpaired) electrons. The van der Waals surface area contributed by atoms with Crippen LogP contribution in [0, 0.1) is 0 Å². The molecule has 6 heterocycles. The second kappa shape index (κ2) is 16.2. The second-order valence-corrected chi connectivity index (χ2v) is 6.31. The number of piperazine rings is 2. The topological polar surface area (TPSA) is 48.1 Å². The van der Waals surface area contributed by atoms with Crippen LogP contribution in [0.15, 0.2) is 24.3 Å². The van der Waals surface area contributed by atoms with E-state index in [4.69, 9.17) is 0 Å². The van der Waals surface area contributed by atoms with E-state index in [-0.39, 0.29) is 49.3 Å². The molecule has 2 saturated heterocycles. The van der Waals surface area contributed by atoms with Gasteiger partial charge in [0.15, 0.2) is 0 Å². The first-order valence-corrected chi connectivity index (χ1v) is 8.13. The molecule has 2 fully saturated rings. The van der Waals surface area contributed by atoms with E-state index in [0.29, 0.717) is 24.2 Å². The van der Waals surface area contributed by atoms with Crippen LogP contribution in [0.2, 0.25) is 0 Å². The van der Waals surface area contributed by atoms with E-state index >= 15 is 0 Å². The van der Waals surface area contributed by atoms with E-state index in [9.17, 15) is 0 Å². The molecule has 152 valence electrons. The molecule has 0 aromatic carbocycles. The summed E-state index contributed by atoms with van der Waals surface area (Å²) in [6, 6.07) is 2.75. The van der Waals surface area contributed by atoms with Crippen molar-refractivity contribution in [2.24, 2.45) is 0 Å². The van der Waals surface area contributed by atoms with E-state index in [1.54, 1.807) is 0 Å². The van der Waals surface area contributed by atoms with Crippen molar-refractivity contribution in [1.82, 2.24) is 21.3 Å². The molecule has 6 rings (SSSR count). The SMILES string of the molecule is C.C.C.C1=CC[C@@H]2CN[C@H](C1)CN2.C1=CC[C@H]2CN[C@@H](C1)CN2.S.S. The van der Waals surface area contributed by atoms with Gasteiger partial charge in [0.2, 0.25) is 0 Å². The van der Waals surface area contributed by atoms with Crippen molar-refractivity contribution in [3.05, 3.63) is 24.3 Å². The molecule has 6 aliphatic rings. The van der Waals surface area contributed by atoms with Gasteiger partial charge in [0, 0.05) is 50.3 Å². The first kappa shape index (κ1) is 29.8. The molecule has 0 saturated carbocycles. The fourth-order valence-corrected chi connectivity index (χ4v) is 3.23. The highest BCUT2D eigenvalue weighted by Gasteiger charge is 2.19. The third-order valence-corrected chi connectivity index (χ3v) is 4.63. The Morgan fingerprint density at radius 2 is 0.640 bits per heavy atom. The fraction of sp³-hybridized carbons (Fsp3) is 0.789. The number of rotatable bonds is 0. The maximum Gasteiger partial charge on any atom is 0.0227 e. The van der Waals surface area contributed by atoms with E-state index in [2.05, 4.69) is 45.6 Å². The number of hydrogen-bond donors (Lipinski definition) is 4. The molecule has 6 aliphatic heterocycles. The largest absolute Gasteiger partial charge is 0.311 e. The minimum atomic E-state index is 0. The summed E-state index contributed by atoms with van der Waals surface area (Å²) >= 11 is 0. The maximum absolute atomic E-state index is 3.51. The fourth-order valence-electron chi connectivity index (χ4n) is 3.23. The van der Waals surface area contributed by atoms with Gasteiger partial charge >= 0.3 is 0 Å². The van der Waals surface area contributed by atoms with Crippen molar-refractivity contribution in [3.8, 4) is 0 Å². The molecule has 6 heteroatoms. The van der Waals surface area contributed by atoms with Gasteiger partial charge < -0.3 is 21.3 Å². The molecular formula is C19H44N4S2. The second-order valence-electron chi connectivity index (χ2n) is 6.31. The molecule has 4 N–H and O–H groups in total. The van der Waals surface area contributed by atoms with E-state index in [1.165, 1.54) is 25.7 Å². The van der Waals surface area contributed by atoms with Crippen LogP contribution in [-0.2, 0) is 0 Å². The zero-order valence-electron chi connectivity index (χ0n) is 13.3. The van der Waals surface area contributed by atoms with Gasteiger partial charge in [-0.15, -0.1) is 0 Å². The van der Waals surface area contributed by atoms with E-state index in [1.807, 2.05) is 0 Å². The van der Waals surface area contributed by atoms with E-state index < -0.39 is 0 Å². The van der Waals surface area contributed by atoms with Gasteiger partial charge in [-0.05, 0) is 25.7 Å². The lowest BCUT2D eigenvalue weighted by Crippen LogP contribution is -2.54. The molecule has 0 amide bonds. The van der Waals surface area contributed by atoms with Crippen LogP contribution in [-0.4, -0.2) is 50.3 Å². The minimum absolute atomic E-state index is 0. The van der Waals surface area contributed by atoms with Crippen molar-refractivity contribution < 1.29 is 0 Å². The smallest absolute Gasteiger partial charge is 0.0227 e. The summed E-state index contributed by atoms with van der Waals surface area (Å²) < 4.78 is 0. The molecule has 4 bridgehead atoms. The molecule has 4 atom stereocenters. The van der Waals surface area contributed by atoms with E-state index in [0.717, 1.165) is 26.2 Å². The Morgan fingerprint density at radius 1 is 0.440 bits per heavy atom. The van der Waals surface area contributed by atoms with Gasteiger partial charge in [-0.2, -0.15) is 27.0 Å². The average Bonchev–Trinajstić information content (AvgIpc) is 2.41. The third kappa shape index (κ3) is 10.1. The number of nitrogens with one attached hydrogen (secondary N) is 4. The Morgan fingerprint density at radius 3 is 0.800 bits per heavy atom. The lowest BCUT2D eigenvalue weighted by atomic mass is 10.0. The summed E-state index contributed by atoms with van der Waals surface area (Å²) in [6.45, 7) is 4.59. The standard InChI is InChI=1S/2C8H14N2.3CH4.2H2S/c2*1-2-4-8-6-9-7(3-1)5-10-8;;;;;/h2*1-2,7-10H,3-6H2;3*1H4;2*1H2/t2*7-,8-;;;;;/m10...../s1. The summed E-state index contributed by atoms with van der Waals surface area (Å²) in [5.41, 5.74) is 0. The lowest BCUT2D eigenvalue weighted by Gasteiger charge is -2.31. The quantitative estimate of drug-likeness (QED) is 0.479. The first-order chi connectivity index (χ1) is 9.90. The first-order valence-electron chi connectivity index (χ1n) is 8.13. The number of fused-ring (bicyclic) bond motifs is 8. The summed E-state index contributed by atoms with van der Waals surface area (Å²) in [6.07, 6.45) is 14.0. The molecule has 0 aromatic heterocycles. The Labute approximate surface area is 171 Å². The predicted molar refractivity (Wildman–Crippen MR) is 125 cm³/mol. The van der Waals surface area contributed by atoms with Crippen LogP contribution in [0.5, 0.6) is 0 Å². The monoisotopic (exact) mass is 392 g/mol. The van der Waals surface area contributed by atoms with Crippen LogP contribution >= 0.6 is 27.0 Å². The maximum atomic E-state index is 3.51. The van der Waals surface area contributed by atoms with Gasteiger partial charge in [-0.3, -0.25) is 0 Å². The Balaban J connectivity index is -0.000000323. The molecule has 0 spiro atoms. The normalized spacial score (nSPS) is 31.4. The van der Waals surface area contributed by atoms with Crippen molar-refractivity contribution in [3.63, 3.8) is 0 Å². The summed E-state index contributed by atoms with van der Waals surface area (Å²) in [5.74, 6) is 0. The highest BCUT2D eigenvalue weighted by Crippen LogP contribution is 2.07. The average molecular weight is 393 g/mol. The van der Waals surface area contributed by atoms with Crippen LogP contribution in [0.25, 0.3) is 0 Å². The third-order valence-electron chi connectivity index (χ3n) is 4.63. The van der Waals surface area contributed by atoms with Crippen LogP contribution < -0.4 is 21.3 Å². The molecule has 0 aliphatic carbocycles. The minimum Gasteiger partial charge on any atom is -0.311 e. The number of hydrogen-bond acceptors (Lipinski definition) is 4. The molecule has 0 unspecified atom stereocenters. The summed E-state index contributed by atoms with van der Waals surface area (Å²) in [7, 11) is 0. The van der Waals surface area contributed by atoms with Crippen molar-refractivity contribution in [1.29, 1.82) is 0 Å². The van der Waals surface area contributed by atoms with Crippen LogP contribution in [0.4, 0.5) is 0 Å². The predicted octanol–water partition coefficient (Wildman–Crippen LogP) is 2.67. The molecule has 4 nitrogen and oxygen atoms in total. The highest BCUT2D eigenvalue weighted by molar-refractivity contribution is 7.59. The Bertz CT molecular complexity index is 281. The van der Waals surface area contributed by atoms with Gasteiger partial charge in [-0.1, -0.05) is 46.6 Å². The summed E-state index contributed by atoms with van der Waals surface area (Å²) in [4.78, 5) is 0. The van der Waals surface area contributed by atoms with Gasteiger partial charge in [0.1, 0.15) is 0 Å². The lowest BCUT2D eigenvalue weighted by molar-refractivity contribution is 0.340. The van der Waals surface area contributed by atoms with Crippen molar-refractivity contribution in [2.75, 3.05) is 26.2 Å². The Kier molecular flexibility index (Phi) is 19.3. The van der Waals surface area contributed by atoms with Crippen molar-refractivity contribution in [2.45, 2.75) is 72.1 Å². The zero-order chi connectivity index (χ0) is 13.6. The van der Waals surface area contributed by atoms with Gasteiger partial charge in [-0.25, -0.2) is 0 Å². The highest BCUT2D eigenvalue weighted by atomic mass is 32.1. The molecule has 0 aromatic rings. The zero-order valence-corrected chi connectivity index (χ0v) is 15.3. The van der Waals surface area contributed by atoms with Gasteiger partial charge in [0.25, 0.3) is 0 Å². The van der Waals surface area contributed by atoms with Gasteiger partial charge in [0.05, 0.1) is 0 Å². The molecule has 25 heavy (non-hydrogen) atoms. The molecular weight excluding hydrogens is 348 g/mol. The van der Waals surface area contributed by atoms with Crippen LogP contribution in [0.1, 0.15) is 48.0 Å². The van der Waals surface area contributed by atoms with Crippen molar-refractivity contribution >= 4 is 27.0 Å². The Hall–Kier alpha value is 0.0200. The van der Waals surface area contributed by atoms with Crippen LogP contribution in [0.3, 0.4) is 0 Å².